The highest BCUT2D eigenvalue weighted by atomic mass is 16.6. The number of pyridine rings is 1. The molecule has 1 aliphatic rings. The van der Waals surface area contributed by atoms with Crippen LogP contribution in [-0.2, 0) is 0 Å². The summed E-state index contributed by atoms with van der Waals surface area (Å²) in [6, 6.07) is 1.53. The Morgan fingerprint density at radius 3 is 3.00 bits per heavy atom. The van der Waals surface area contributed by atoms with Crippen LogP contribution in [0.5, 0.6) is 5.75 Å². The molecular weight excluding hydrogens is 234 g/mol. The number of hydrogen-bond acceptors (Lipinski definition) is 5. The molecule has 1 fully saturated rings. The molecule has 2 unspecified atom stereocenters. The fourth-order valence-corrected chi connectivity index (χ4v) is 2.47. The Bertz CT molecular complexity index is 425. The monoisotopic (exact) mass is 251 g/mol. The molecule has 0 spiro atoms. The van der Waals surface area contributed by atoms with Crippen molar-refractivity contribution in [2.24, 2.45) is 17.6 Å². The van der Waals surface area contributed by atoms with Gasteiger partial charge in [-0.1, -0.05) is 6.42 Å². The molecule has 1 heterocycles. The maximum atomic E-state index is 10.8. The maximum Gasteiger partial charge on any atom is 0.329 e. The van der Waals surface area contributed by atoms with Crippen LogP contribution in [0.1, 0.15) is 19.3 Å². The van der Waals surface area contributed by atoms with Gasteiger partial charge in [0.25, 0.3) is 0 Å². The molecule has 6 nitrogen and oxygen atoms in total. The predicted molar refractivity (Wildman–Crippen MR) is 66.3 cm³/mol. The van der Waals surface area contributed by atoms with Crippen LogP contribution in [0.15, 0.2) is 18.5 Å². The van der Waals surface area contributed by atoms with Crippen molar-refractivity contribution in [2.45, 2.75) is 19.3 Å². The van der Waals surface area contributed by atoms with Crippen LogP contribution < -0.4 is 10.5 Å². The van der Waals surface area contributed by atoms with E-state index < -0.39 is 4.92 Å². The van der Waals surface area contributed by atoms with E-state index in [0.29, 0.717) is 25.0 Å². The minimum atomic E-state index is -0.475. The first kappa shape index (κ1) is 12.8. The molecule has 1 aliphatic carbocycles. The Morgan fingerprint density at radius 2 is 2.28 bits per heavy atom. The van der Waals surface area contributed by atoms with Gasteiger partial charge in [0.05, 0.1) is 11.5 Å². The number of nitro groups is 1. The zero-order valence-electron chi connectivity index (χ0n) is 10.1. The van der Waals surface area contributed by atoms with Gasteiger partial charge in [-0.15, -0.1) is 0 Å². The summed E-state index contributed by atoms with van der Waals surface area (Å²) >= 11 is 0. The van der Waals surface area contributed by atoms with Gasteiger partial charge in [0.1, 0.15) is 6.20 Å². The fourth-order valence-electron chi connectivity index (χ4n) is 2.47. The first-order valence-electron chi connectivity index (χ1n) is 6.13. The topological polar surface area (TPSA) is 91.3 Å². The number of nitrogens with zero attached hydrogens (tertiary/aromatic N) is 2. The van der Waals surface area contributed by atoms with Gasteiger partial charge in [0.15, 0.2) is 5.75 Å². The van der Waals surface area contributed by atoms with Crippen molar-refractivity contribution < 1.29 is 9.66 Å². The van der Waals surface area contributed by atoms with Crippen molar-refractivity contribution in [1.82, 2.24) is 4.98 Å². The first-order chi connectivity index (χ1) is 8.72. The van der Waals surface area contributed by atoms with Crippen LogP contribution in [0.2, 0.25) is 0 Å². The van der Waals surface area contributed by atoms with Gasteiger partial charge in [-0.2, -0.15) is 0 Å². The molecular formula is C12H17N3O3. The van der Waals surface area contributed by atoms with E-state index in [2.05, 4.69) is 4.98 Å². The van der Waals surface area contributed by atoms with Crippen LogP contribution in [0, 0.1) is 22.0 Å². The summed E-state index contributed by atoms with van der Waals surface area (Å²) in [6.07, 6.45) is 6.08. The summed E-state index contributed by atoms with van der Waals surface area (Å²) in [5.74, 6) is 1.17. The van der Waals surface area contributed by atoms with E-state index in [1.54, 1.807) is 0 Å². The van der Waals surface area contributed by atoms with Gasteiger partial charge >= 0.3 is 5.69 Å². The van der Waals surface area contributed by atoms with Crippen molar-refractivity contribution >= 4 is 5.69 Å². The van der Waals surface area contributed by atoms with Gasteiger partial charge in [-0.25, -0.2) is 0 Å². The van der Waals surface area contributed by atoms with Crippen LogP contribution in [0.4, 0.5) is 5.69 Å². The molecule has 98 valence electrons. The Morgan fingerprint density at radius 1 is 1.50 bits per heavy atom. The lowest BCUT2D eigenvalue weighted by Crippen LogP contribution is -2.23. The summed E-state index contributed by atoms with van der Waals surface area (Å²) < 4.78 is 5.58. The summed E-state index contributed by atoms with van der Waals surface area (Å²) in [6.45, 7) is 1.15. The highest BCUT2D eigenvalue weighted by molar-refractivity contribution is 5.42. The average molecular weight is 251 g/mol. The standard InChI is InChI=1S/C12H17N3O3/c13-6-9-2-1-3-10(9)8-18-12-4-5-14-7-11(12)15(16)17/h4-5,7,9-10H,1-3,6,8,13H2. The second-order valence-electron chi connectivity index (χ2n) is 4.60. The van der Waals surface area contributed by atoms with Gasteiger partial charge in [0, 0.05) is 12.3 Å². The quantitative estimate of drug-likeness (QED) is 0.635. The molecule has 0 aliphatic heterocycles. The molecule has 6 heteroatoms. The average Bonchev–Trinajstić information content (AvgIpc) is 2.84. The lowest BCUT2D eigenvalue weighted by atomic mass is 9.97. The van der Waals surface area contributed by atoms with E-state index in [4.69, 9.17) is 10.5 Å². The minimum absolute atomic E-state index is 0.0835. The van der Waals surface area contributed by atoms with E-state index in [1.807, 2.05) is 0 Å². The molecule has 0 bridgehead atoms. The molecule has 2 N–H and O–H groups in total. The smallest absolute Gasteiger partial charge is 0.329 e. The molecule has 0 radical (unpaired) electrons. The number of ether oxygens (including phenoxy) is 1. The minimum Gasteiger partial charge on any atom is -0.486 e. The van der Waals surface area contributed by atoms with E-state index in [1.165, 1.54) is 18.5 Å². The van der Waals surface area contributed by atoms with Crippen LogP contribution in [-0.4, -0.2) is 23.1 Å². The molecule has 2 atom stereocenters. The molecule has 1 aromatic rings. The largest absolute Gasteiger partial charge is 0.486 e. The van der Waals surface area contributed by atoms with Gasteiger partial charge in [-0.3, -0.25) is 15.1 Å². The van der Waals surface area contributed by atoms with E-state index in [-0.39, 0.29) is 11.4 Å². The SMILES string of the molecule is NCC1CCCC1COc1ccncc1[N+](=O)[O-]. The van der Waals surface area contributed by atoms with E-state index in [0.717, 1.165) is 19.3 Å². The Labute approximate surface area is 105 Å². The molecule has 2 rings (SSSR count). The molecule has 1 saturated carbocycles. The zero-order valence-corrected chi connectivity index (χ0v) is 10.1. The van der Waals surface area contributed by atoms with E-state index in [9.17, 15) is 10.1 Å². The van der Waals surface area contributed by atoms with Gasteiger partial charge < -0.3 is 10.5 Å². The third kappa shape index (κ3) is 2.76. The summed E-state index contributed by atoms with van der Waals surface area (Å²) in [4.78, 5) is 14.1. The second-order valence-corrected chi connectivity index (χ2v) is 4.60. The summed E-state index contributed by atoms with van der Waals surface area (Å²) in [5, 5.41) is 10.8. The lowest BCUT2D eigenvalue weighted by Gasteiger charge is -2.18. The Hall–Kier alpha value is -1.69. The van der Waals surface area contributed by atoms with E-state index >= 15 is 0 Å². The van der Waals surface area contributed by atoms with Crippen molar-refractivity contribution in [3.05, 3.63) is 28.6 Å². The fraction of sp³-hybridized carbons (Fsp3) is 0.583. The molecule has 1 aromatic heterocycles. The molecule has 0 amide bonds. The Kier molecular flexibility index (Phi) is 4.09. The Balaban J connectivity index is 2.00. The first-order valence-corrected chi connectivity index (χ1v) is 6.13. The third-order valence-electron chi connectivity index (χ3n) is 3.53. The molecule has 0 saturated heterocycles. The molecule has 18 heavy (non-hydrogen) atoms. The van der Waals surface area contributed by atoms with Crippen molar-refractivity contribution in [3.63, 3.8) is 0 Å². The lowest BCUT2D eigenvalue weighted by molar-refractivity contribution is -0.386. The highest BCUT2D eigenvalue weighted by Gasteiger charge is 2.27. The highest BCUT2D eigenvalue weighted by Crippen LogP contribution is 2.32. The number of hydrogen-bond donors (Lipinski definition) is 1. The summed E-state index contributed by atoms with van der Waals surface area (Å²) in [5.41, 5.74) is 5.61. The maximum absolute atomic E-state index is 10.8. The number of nitrogens with two attached hydrogens (primary N) is 1. The van der Waals surface area contributed by atoms with Crippen molar-refractivity contribution in [1.29, 1.82) is 0 Å². The molecule has 0 aromatic carbocycles. The van der Waals surface area contributed by atoms with Crippen LogP contribution in [0.25, 0.3) is 0 Å². The van der Waals surface area contributed by atoms with Crippen LogP contribution in [0.3, 0.4) is 0 Å². The second kappa shape index (κ2) is 5.77. The van der Waals surface area contributed by atoms with Gasteiger partial charge in [-0.05, 0) is 31.2 Å². The number of rotatable bonds is 5. The third-order valence-corrected chi connectivity index (χ3v) is 3.53. The van der Waals surface area contributed by atoms with Crippen molar-refractivity contribution in [3.8, 4) is 5.75 Å². The predicted octanol–water partition coefficient (Wildman–Crippen LogP) is 1.74. The normalized spacial score (nSPS) is 22.9. The van der Waals surface area contributed by atoms with Gasteiger partial charge in [0.2, 0.25) is 0 Å². The zero-order chi connectivity index (χ0) is 13.0. The number of aromatic nitrogens is 1. The summed E-state index contributed by atoms with van der Waals surface area (Å²) in [7, 11) is 0. The van der Waals surface area contributed by atoms with Crippen LogP contribution >= 0.6 is 0 Å². The van der Waals surface area contributed by atoms with Crippen molar-refractivity contribution in [2.75, 3.05) is 13.2 Å².